The van der Waals surface area contributed by atoms with E-state index in [-0.39, 0.29) is 0 Å². The smallest absolute Gasteiger partial charge is 0.130 e. The van der Waals surface area contributed by atoms with Crippen molar-refractivity contribution in [1.29, 1.82) is 0 Å². The third-order valence-electron chi connectivity index (χ3n) is 2.74. The summed E-state index contributed by atoms with van der Waals surface area (Å²) in [6, 6.07) is 10.5. The average Bonchev–Trinajstić information content (AvgIpc) is 2.27. The fraction of sp³-hybridized carbons (Fsp3) is 0.333. The standard InChI is InChI=1S/C15H18N2S/c1-10(2)7-12-5-4-6-13(8-12)14-9-15(18)17-11(3)16-14/h4-6,8-10H,7H2,1-3H3,(H,16,17,18). The van der Waals surface area contributed by atoms with E-state index in [0.29, 0.717) is 10.6 Å². The molecule has 0 fully saturated rings. The van der Waals surface area contributed by atoms with Crippen LogP contribution < -0.4 is 0 Å². The van der Waals surface area contributed by atoms with Gasteiger partial charge < -0.3 is 4.98 Å². The Kier molecular flexibility index (Phi) is 3.92. The molecule has 0 radical (unpaired) electrons. The van der Waals surface area contributed by atoms with Crippen LogP contribution in [-0.2, 0) is 6.42 Å². The molecule has 0 bridgehead atoms. The van der Waals surface area contributed by atoms with Gasteiger partial charge in [0.25, 0.3) is 0 Å². The van der Waals surface area contributed by atoms with Gasteiger partial charge in [0.2, 0.25) is 0 Å². The Hall–Kier alpha value is -1.48. The van der Waals surface area contributed by atoms with Gasteiger partial charge in [-0.3, -0.25) is 0 Å². The van der Waals surface area contributed by atoms with Crippen LogP contribution in [0, 0.1) is 17.5 Å². The van der Waals surface area contributed by atoms with E-state index in [4.69, 9.17) is 12.2 Å². The highest BCUT2D eigenvalue weighted by Crippen LogP contribution is 2.20. The number of hydrogen-bond donors (Lipinski definition) is 1. The molecule has 94 valence electrons. The number of H-pyrrole nitrogens is 1. The van der Waals surface area contributed by atoms with Crippen LogP contribution in [0.15, 0.2) is 30.3 Å². The van der Waals surface area contributed by atoms with Crippen molar-refractivity contribution in [2.45, 2.75) is 27.2 Å². The van der Waals surface area contributed by atoms with E-state index in [1.165, 1.54) is 11.1 Å². The molecule has 3 heteroatoms. The molecule has 0 aliphatic rings. The Morgan fingerprint density at radius 2 is 2.06 bits per heavy atom. The summed E-state index contributed by atoms with van der Waals surface area (Å²) < 4.78 is 0.635. The van der Waals surface area contributed by atoms with Gasteiger partial charge in [-0.15, -0.1) is 0 Å². The van der Waals surface area contributed by atoms with Crippen LogP contribution in [-0.4, -0.2) is 9.97 Å². The molecule has 0 amide bonds. The molecule has 1 heterocycles. The number of aromatic amines is 1. The Morgan fingerprint density at radius 3 is 2.72 bits per heavy atom. The average molecular weight is 258 g/mol. The van der Waals surface area contributed by atoms with Gasteiger partial charge >= 0.3 is 0 Å². The van der Waals surface area contributed by atoms with Crippen LogP contribution in [0.3, 0.4) is 0 Å². The van der Waals surface area contributed by atoms with Gasteiger partial charge in [-0.1, -0.05) is 44.3 Å². The zero-order valence-electron chi connectivity index (χ0n) is 11.0. The van der Waals surface area contributed by atoms with Crippen LogP contribution in [0.5, 0.6) is 0 Å². The van der Waals surface area contributed by atoms with Gasteiger partial charge in [-0.25, -0.2) is 4.98 Å². The van der Waals surface area contributed by atoms with Gasteiger partial charge in [0.1, 0.15) is 10.5 Å². The predicted molar refractivity (Wildman–Crippen MR) is 78.1 cm³/mol. The summed E-state index contributed by atoms with van der Waals surface area (Å²) in [4.78, 5) is 7.46. The van der Waals surface area contributed by atoms with Gasteiger partial charge in [-0.2, -0.15) is 0 Å². The van der Waals surface area contributed by atoms with Crippen LogP contribution in [0.4, 0.5) is 0 Å². The summed E-state index contributed by atoms with van der Waals surface area (Å²) in [6.45, 7) is 6.39. The summed E-state index contributed by atoms with van der Waals surface area (Å²) in [6.07, 6.45) is 1.10. The lowest BCUT2D eigenvalue weighted by molar-refractivity contribution is 0.647. The Labute approximate surface area is 113 Å². The van der Waals surface area contributed by atoms with E-state index in [9.17, 15) is 0 Å². The molecule has 2 aromatic rings. The van der Waals surface area contributed by atoms with Crippen molar-refractivity contribution >= 4 is 12.2 Å². The van der Waals surface area contributed by atoms with E-state index in [1.54, 1.807) is 0 Å². The minimum atomic E-state index is 0.635. The summed E-state index contributed by atoms with van der Waals surface area (Å²) in [5, 5.41) is 0. The predicted octanol–water partition coefficient (Wildman–Crippen LogP) is 4.31. The molecule has 0 aliphatic heterocycles. The quantitative estimate of drug-likeness (QED) is 0.831. The van der Waals surface area contributed by atoms with E-state index < -0.39 is 0 Å². The van der Waals surface area contributed by atoms with Crippen LogP contribution >= 0.6 is 12.2 Å². The molecule has 1 N–H and O–H groups in total. The summed E-state index contributed by atoms with van der Waals surface area (Å²) in [5.41, 5.74) is 3.57. The first kappa shape index (κ1) is 13.0. The SMILES string of the molecule is Cc1nc(=S)cc(-c2cccc(CC(C)C)c2)[nH]1. The Bertz CT molecular complexity index is 599. The monoisotopic (exact) mass is 258 g/mol. The fourth-order valence-electron chi connectivity index (χ4n) is 2.07. The normalized spacial score (nSPS) is 10.9. The molecule has 0 atom stereocenters. The van der Waals surface area contributed by atoms with E-state index in [0.717, 1.165) is 17.9 Å². The van der Waals surface area contributed by atoms with Crippen molar-refractivity contribution in [1.82, 2.24) is 9.97 Å². The number of nitrogens with zero attached hydrogens (tertiary/aromatic N) is 1. The fourth-order valence-corrected chi connectivity index (χ4v) is 2.33. The number of benzene rings is 1. The number of nitrogens with one attached hydrogen (secondary N) is 1. The maximum absolute atomic E-state index is 5.16. The first-order chi connectivity index (χ1) is 8.54. The minimum Gasteiger partial charge on any atom is -0.343 e. The first-order valence-electron chi connectivity index (χ1n) is 6.22. The van der Waals surface area contributed by atoms with E-state index in [1.807, 2.05) is 13.0 Å². The number of aryl methyl sites for hydroxylation is 1. The second-order valence-electron chi connectivity index (χ2n) is 5.02. The van der Waals surface area contributed by atoms with Crippen LogP contribution in [0.25, 0.3) is 11.3 Å². The molecule has 0 unspecified atom stereocenters. The largest absolute Gasteiger partial charge is 0.343 e. The molecule has 0 spiro atoms. The second kappa shape index (κ2) is 5.44. The lowest BCUT2D eigenvalue weighted by atomic mass is 10.00. The number of rotatable bonds is 3. The lowest BCUT2D eigenvalue weighted by Gasteiger charge is -2.08. The maximum Gasteiger partial charge on any atom is 0.130 e. The Balaban J connectivity index is 2.41. The van der Waals surface area contributed by atoms with Gasteiger partial charge in [0.15, 0.2) is 0 Å². The molecule has 0 saturated carbocycles. The summed E-state index contributed by atoms with van der Waals surface area (Å²) in [5.74, 6) is 1.52. The molecular weight excluding hydrogens is 240 g/mol. The minimum absolute atomic E-state index is 0.635. The van der Waals surface area contributed by atoms with E-state index >= 15 is 0 Å². The third-order valence-corrected chi connectivity index (χ3v) is 2.95. The van der Waals surface area contributed by atoms with Gasteiger partial charge in [0.05, 0.1) is 0 Å². The first-order valence-corrected chi connectivity index (χ1v) is 6.62. The van der Waals surface area contributed by atoms with Crippen molar-refractivity contribution in [3.05, 3.63) is 46.4 Å². The molecule has 0 aliphatic carbocycles. The van der Waals surface area contributed by atoms with Crippen LogP contribution in [0.1, 0.15) is 25.2 Å². The number of hydrogen-bond acceptors (Lipinski definition) is 2. The van der Waals surface area contributed by atoms with E-state index in [2.05, 4.69) is 48.1 Å². The number of aromatic nitrogens is 2. The molecule has 2 rings (SSSR count). The Morgan fingerprint density at radius 1 is 1.28 bits per heavy atom. The highest BCUT2D eigenvalue weighted by molar-refractivity contribution is 7.71. The molecule has 1 aromatic heterocycles. The van der Waals surface area contributed by atoms with Crippen molar-refractivity contribution in [2.75, 3.05) is 0 Å². The zero-order chi connectivity index (χ0) is 13.1. The lowest BCUT2D eigenvalue weighted by Crippen LogP contribution is -1.95. The zero-order valence-corrected chi connectivity index (χ0v) is 11.8. The van der Waals surface area contributed by atoms with Crippen molar-refractivity contribution in [3.63, 3.8) is 0 Å². The summed E-state index contributed by atoms with van der Waals surface area (Å²) in [7, 11) is 0. The van der Waals surface area contributed by atoms with Crippen molar-refractivity contribution < 1.29 is 0 Å². The second-order valence-corrected chi connectivity index (χ2v) is 5.44. The van der Waals surface area contributed by atoms with Crippen molar-refractivity contribution in [2.24, 2.45) is 5.92 Å². The topological polar surface area (TPSA) is 28.7 Å². The molecule has 1 aromatic carbocycles. The molecule has 2 nitrogen and oxygen atoms in total. The molecular formula is C15H18N2S. The highest BCUT2D eigenvalue weighted by Gasteiger charge is 2.03. The highest BCUT2D eigenvalue weighted by atomic mass is 32.1. The van der Waals surface area contributed by atoms with Gasteiger partial charge in [-0.05, 0) is 42.5 Å². The van der Waals surface area contributed by atoms with Crippen molar-refractivity contribution in [3.8, 4) is 11.3 Å². The molecule has 18 heavy (non-hydrogen) atoms. The molecule has 0 saturated heterocycles. The van der Waals surface area contributed by atoms with Gasteiger partial charge in [0, 0.05) is 5.69 Å². The third kappa shape index (κ3) is 3.26. The van der Waals surface area contributed by atoms with Crippen LogP contribution in [0.2, 0.25) is 0 Å². The summed E-state index contributed by atoms with van der Waals surface area (Å²) >= 11 is 5.16. The maximum atomic E-state index is 5.16.